The highest BCUT2D eigenvalue weighted by Gasteiger charge is 2.30. The van der Waals surface area contributed by atoms with Crippen molar-refractivity contribution < 1.29 is 4.79 Å². The molecule has 0 fully saturated rings. The van der Waals surface area contributed by atoms with Crippen LogP contribution in [0.3, 0.4) is 0 Å². The molecule has 0 spiro atoms. The lowest BCUT2D eigenvalue weighted by atomic mass is 9.71. The topological polar surface area (TPSA) is 58.7 Å². The first-order chi connectivity index (χ1) is 15.9. The molecule has 0 bridgehead atoms. The van der Waals surface area contributed by atoms with Gasteiger partial charge in [0.05, 0.1) is 16.8 Å². The maximum absolute atomic E-state index is 13.4. The van der Waals surface area contributed by atoms with E-state index in [0.717, 1.165) is 49.7 Å². The van der Waals surface area contributed by atoms with Gasteiger partial charge in [-0.05, 0) is 79.5 Å². The summed E-state index contributed by atoms with van der Waals surface area (Å²) in [4.78, 5) is 18.3. The van der Waals surface area contributed by atoms with Gasteiger partial charge >= 0.3 is 0 Å². The van der Waals surface area contributed by atoms with Gasteiger partial charge in [0, 0.05) is 16.8 Å². The van der Waals surface area contributed by atoms with E-state index in [1.54, 1.807) is 0 Å². The molecule has 1 aromatic carbocycles. The van der Waals surface area contributed by atoms with E-state index in [1.165, 1.54) is 40.4 Å². The fourth-order valence-electron chi connectivity index (χ4n) is 5.55. The molecule has 2 heterocycles. The Morgan fingerprint density at radius 3 is 2.79 bits per heavy atom. The Hall–Kier alpha value is -2.58. The van der Waals surface area contributed by atoms with Crippen LogP contribution in [-0.4, -0.2) is 21.2 Å². The number of thioether (sulfide) groups is 1. The normalized spacial score (nSPS) is 17.9. The highest BCUT2D eigenvalue weighted by atomic mass is 32.2. The number of nitriles is 1. The van der Waals surface area contributed by atoms with Crippen LogP contribution in [0.15, 0.2) is 35.4 Å². The number of pyridine rings is 1. The number of rotatable bonds is 3. The minimum absolute atomic E-state index is 0.0792. The van der Waals surface area contributed by atoms with Crippen LogP contribution in [0.1, 0.15) is 72.9 Å². The van der Waals surface area contributed by atoms with Crippen molar-refractivity contribution in [3.8, 4) is 6.07 Å². The van der Waals surface area contributed by atoms with Crippen molar-refractivity contribution in [2.75, 3.05) is 5.75 Å². The molecule has 33 heavy (non-hydrogen) atoms. The summed E-state index contributed by atoms with van der Waals surface area (Å²) in [5, 5.41) is 11.7. The summed E-state index contributed by atoms with van der Waals surface area (Å²) in [5.74, 6) is 0.970. The second-order valence-corrected chi connectivity index (χ2v) is 11.5. The van der Waals surface area contributed by atoms with Gasteiger partial charge in [0.1, 0.15) is 11.1 Å². The monoisotopic (exact) mass is 457 g/mol. The molecule has 0 saturated carbocycles. The molecule has 0 radical (unpaired) electrons. The Morgan fingerprint density at radius 2 is 2.00 bits per heavy atom. The Balaban J connectivity index is 1.41. The van der Waals surface area contributed by atoms with Crippen molar-refractivity contribution in [2.24, 2.45) is 11.3 Å². The minimum Gasteiger partial charge on any atom is -0.283 e. The largest absolute Gasteiger partial charge is 0.283 e. The van der Waals surface area contributed by atoms with Crippen molar-refractivity contribution in [3.05, 3.63) is 58.4 Å². The fraction of sp³-hybridized carbons (Fsp3) is 0.464. The van der Waals surface area contributed by atoms with Crippen LogP contribution in [-0.2, 0) is 25.7 Å². The summed E-state index contributed by atoms with van der Waals surface area (Å²) in [7, 11) is 0. The van der Waals surface area contributed by atoms with E-state index in [0.29, 0.717) is 16.5 Å². The van der Waals surface area contributed by atoms with Gasteiger partial charge in [0.2, 0.25) is 5.91 Å². The van der Waals surface area contributed by atoms with Crippen molar-refractivity contribution in [1.82, 2.24) is 9.55 Å². The van der Waals surface area contributed by atoms with E-state index in [9.17, 15) is 10.1 Å². The molecule has 3 aromatic rings. The van der Waals surface area contributed by atoms with Crippen LogP contribution >= 0.6 is 11.8 Å². The molecule has 1 unspecified atom stereocenters. The molecular formula is C28H31N3OS. The van der Waals surface area contributed by atoms with E-state index in [1.807, 2.05) is 16.7 Å². The van der Waals surface area contributed by atoms with Crippen molar-refractivity contribution in [2.45, 2.75) is 70.7 Å². The number of carbonyl (C=O) groups is 1. The predicted octanol–water partition coefficient (Wildman–Crippen LogP) is 6.37. The zero-order valence-corrected chi connectivity index (χ0v) is 20.6. The predicted molar refractivity (Wildman–Crippen MR) is 134 cm³/mol. The van der Waals surface area contributed by atoms with E-state index < -0.39 is 0 Å². The third-order valence-corrected chi connectivity index (χ3v) is 8.43. The summed E-state index contributed by atoms with van der Waals surface area (Å²) >= 11 is 1.41. The molecule has 170 valence electrons. The lowest BCUT2D eigenvalue weighted by Crippen LogP contribution is -2.27. The number of para-hydroxylation sites is 1. The van der Waals surface area contributed by atoms with E-state index in [4.69, 9.17) is 4.98 Å². The van der Waals surface area contributed by atoms with Crippen molar-refractivity contribution in [3.63, 3.8) is 0 Å². The van der Waals surface area contributed by atoms with Crippen LogP contribution < -0.4 is 0 Å². The van der Waals surface area contributed by atoms with Crippen LogP contribution in [0.2, 0.25) is 0 Å². The van der Waals surface area contributed by atoms with E-state index in [-0.39, 0.29) is 17.1 Å². The van der Waals surface area contributed by atoms with Crippen LogP contribution in [0.5, 0.6) is 0 Å². The first-order valence-electron chi connectivity index (χ1n) is 12.1. The van der Waals surface area contributed by atoms with Crippen molar-refractivity contribution >= 4 is 28.6 Å². The average molecular weight is 458 g/mol. The van der Waals surface area contributed by atoms with E-state index >= 15 is 0 Å². The summed E-state index contributed by atoms with van der Waals surface area (Å²) in [6, 6.07) is 12.6. The third-order valence-electron chi connectivity index (χ3n) is 7.46. The zero-order valence-electron chi connectivity index (χ0n) is 19.8. The second kappa shape index (κ2) is 8.65. The number of hydrogen-bond donors (Lipinski definition) is 0. The SMILES string of the molecule is CC(C)(C)C1CCc2nc(SCC(=O)n3c4c(c5ccccc53)CCCC4)c(C#N)cc2C1. The van der Waals surface area contributed by atoms with Gasteiger partial charge in [0.25, 0.3) is 0 Å². The molecular weight excluding hydrogens is 426 g/mol. The molecule has 0 N–H and O–H groups in total. The standard InChI is InChI=1S/C28H31N3OS/c1-28(2,3)20-12-13-23-18(15-20)14-19(16-29)27(30-23)33-17-26(32)31-24-10-6-4-8-21(24)22-9-5-7-11-25(22)31/h4,6,8,10,14,20H,5,7,9,11-13,15,17H2,1-3H3. The zero-order chi connectivity index (χ0) is 23.2. The van der Waals surface area contributed by atoms with Gasteiger partial charge in [-0.25, -0.2) is 4.98 Å². The first-order valence-corrected chi connectivity index (χ1v) is 13.1. The highest BCUT2D eigenvalue weighted by Crippen LogP contribution is 2.38. The van der Waals surface area contributed by atoms with Gasteiger partial charge in [-0.3, -0.25) is 9.36 Å². The summed E-state index contributed by atoms with van der Waals surface area (Å²) in [5.41, 5.74) is 6.70. The molecule has 2 aromatic heterocycles. The van der Waals surface area contributed by atoms with E-state index in [2.05, 4.69) is 45.0 Å². The number of nitrogens with zero attached hydrogens (tertiary/aromatic N) is 3. The Bertz CT molecular complexity index is 1280. The number of benzene rings is 1. The number of fused-ring (bicyclic) bond motifs is 4. The summed E-state index contributed by atoms with van der Waals surface area (Å²) < 4.78 is 1.94. The van der Waals surface area contributed by atoms with Crippen molar-refractivity contribution in [1.29, 1.82) is 5.26 Å². The third kappa shape index (κ3) is 4.10. The lowest BCUT2D eigenvalue weighted by Gasteiger charge is -2.34. The smallest absolute Gasteiger partial charge is 0.241 e. The maximum Gasteiger partial charge on any atom is 0.241 e. The Kier molecular flexibility index (Phi) is 5.82. The second-order valence-electron chi connectivity index (χ2n) is 10.5. The fourth-order valence-corrected chi connectivity index (χ4v) is 6.37. The van der Waals surface area contributed by atoms with Gasteiger partial charge in [0.15, 0.2) is 0 Å². The van der Waals surface area contributed by atoms with Gasteiger partial charge in [-0.2, -0.15) is 5.26 Å². The highest BCUT2D eigenvalue weighted by molar-refractivity contribution is 8.00. The summed E-state index contributed by atoms with van der Waals surface area (Å²) in [6.07, 6.45) is 7.36. The molecule has 5 heteroatoms. The lowest BCUT2D eigenvalue weighted by molar-refractivity contribution is 0.0943. The molecule has 5 rings (SSSR count). The quantitative estimate of drug-likeness (QED) is 0.429. The molecule has 0 saturated heterocycles. The summed E-state index contributed by atoms with van der Waals surface area (Å²) in [6.45, 7) is 6.88. The number of hydrogen-bond acceptors (Lipinski definition) is 4. The number of aromatic nitrogens is 2. The molecule has 0 aliphatic heterocycles. The molecule has 4 nitrogen and oxygen atoms in total. The van der Waals surface area contributed by atoms with Gasteiger partial charge < -0.3 is 0 Å². The first kappa shape index (κ1) is 22.2. The van der Waals surface area contributed by atoms with Crippen LogP contribution in [0.25, 0.3) is 10.9 Å². The Morgan fingerprint density at radius 1 is 1.21 bits per heavy atom. The number of carbonyl (C=O) groups excluding carboxylic acids is 1. The average Bonchev–Trinajstić information content (AvgIpc) is 3.15. The van der Waals surface area contributed by atoms with Gasteiger partial charge in [-0.1, -0.05) is 50.7 Å². The minimum atomic E-state index is 0.0792. The maximum atomic E-state index is 13.4. The molecule has 2 aliphatic rings. The molecule has 2 aliphatic carbocycles. The molecule has 0 amide bonds. The van der Waals surface area contributed by atoms with Crippen LogP contribution in [0.4, 0.5) is 0 Å². The van der Waals surface area contributed by atoms with Gasteiger partial charge in [-0.15, -0.1) is 0 Å². The van der Waals surface area contributed by atoms with Crippen LogP contribution in [0, 0.1) is 22.7 Å². The Labute approximate surface area is 200 Å². The number of aryl methyl sites for hydroxylation is 2. The molecule has 1 atom stereocenters.